The average molecular weight is 887 g/mol. The summed E-state index contributed by atoms with van der Waals surface area (Å²) < 4.78 is 60.4. The summed E-state index contributed by atoms with van der Waals surface area (Å²) in [5.74, 6) is 1.00. The molecule has 0 aliphatic heterocycles. The van der Waals surface area contributed by atoms with Crippen molar-refractivity contribution < 1.29 is 27.0 Å². The second kappa shape index (κ2) is 17.5. The Labute approximate surface area is 359 Å². The molecule has 0 amide bonds. The molecule has 2 aromatic carbocycles. The molecule has 0 atom stereocenters. The van der Waals surface area contributed by atoms with E-state index in [-0.39, 0.29) is 33.5 Å². The van der Waals surface area contributed by atoms with Crippen LogP contribution in [0.1, 0.15) is 76.3 Å². The molecule has 4 aromatic heterocycles. The summed E-state index contributed by atoms with van der Waals surface area (Å²) in [4.78, 5) is 25.5. The summed E-state index contributed by atoms with van der Waals surface area (Å²) >= 11 is 0. The smallest absolute Gasteiger partial charge is 0.240 e. The molecule has 0 spiro atoms. The molecule has 328 valence electrons. The van der Waals surface area contributed by atoms with Crippen LogP contribution in [0.4, 0.5) is 11.6 Å². The third-order valence-electron chi connectivity index (χ3n) is 11.2. The predicted molar refractivity (Wildman–Crippen MR) is 229 cm³/mol. The van der Waals surface area contributed by atoms with Gasteiger partial charge in [-0.25, -0.2) is 56.2 Å². The predicted octanol–water partition coefficient (Wildman–Crippen LogP) is 3.17. The lowest BCUT2D eigenvalue weighted by Crippen LogP contribution is -2.42. The van der Waals surface area contributed by atoms with E-state index in [2.05, 4.69) is 49.5 Å². The second-order valence-electron chi connectivity index (χ2n) is 16.3. The van der Waals surface area contributed by atoms with Gasteiger partial charge in [0.05, 0.1) is 44.8 Å². The van der Waals surface area contributed by atoms with E-state index in [9.17, 15) is 27.0 Å². The van der Waals surface area contributed by atoms with Crippen molar-refractivity contribution >= 4 is 31.7 Å². The normalized spacial score (nSPS) is 21.8. The van der Waals surface area contributed by atoms with Crippen molar-refractivity contribution in [3.8, 4) is 34.2 Å². The highest BCUT2D eigenvalue weighted by atomic mass is 32.2. The van der Waals surface area contributed by atoms with E-state index in [4.69, 9.17) is 11.5 Å². The molecule has 0 bridgehead atoms. The quantitative estimate of drug-likeness (QED) is 0.115. The molecule has 0 saturated heterocycles. The van der Waals surface area contributed by atoms with Gasteiger partial charge in [-0.3, -0.25) is 0 Å². The number of hydrogen-bond donors (Lipinski definition) is 6. The Hall–Kier alpha value is -5.78. The Morgan fingerprint density at radius 3 is 1.35 bits per heavy atom. The van der Waals surface area contributed by atoms with E-state index in [0.29, 0.717) is 85.5 Å². The van der Waals surface area contributed by atoms with E-state index in [1.54, 1.807) is 50.2 Å². The first kappa shape index (κ1) is 44.3. The number of nitrogens with zero attached hydrogens (tertiary/aromatic N) is 10. The average Bonchev–Trinajstić information content (AvgIpc) is 3.97. The van der Waals surface area contributed by atoms with Crippen LogP contribution < -0.4 is 20.9 Å². The van der Waals surface area contributed by atoms with Gasteiger partial charge in [0, 0.05) is 23.2 Å². The summed E-state index contributed by atoms with van der Waals surface area (Å²) in [6.07, 6.45) is 13.3. The summed E-state index contributed by atoms with van der Waals surface area (Å²) in [7, 11) is -7.48. The van der Waals surface area contributed by atoms with Gasteiger partial charge in [-0.05, 0) is 114 Å². The Morgan fingerprint density at radius 1 is 0.645 bits per heavy atom. The minimum absolute atomic E-state index is 0.145. The van der Waals surface area contributed by atoms with Crippen LogP contribution in [0, 0.1) is 13.8 Å². The van der Waals surface area contributed by atoms with Crippen LogP contribution in [0.5, 0.6) is 0 Å². The topological polar surface area (TPSA) is 298 Å². The molecule has 6 aromatic rings. The highest BCUT2D eigenvalue weighted by Crippen LogP contribution is 2.32. The molecule has 62 heavy (non-hydrogen) atoms. The highest BCUT2D eigenvalue weighted by Gasteiger charge is 2.33. The highest BCUT2D eigenvalue weighted by molar-refractivity contribution is 7.89. The summed E-state index contributed by atoms with van der Waals surface area (Å²) in [6, 6.07) is 9.39. The molecule has 8 rings (SSSR count). The van der Waals surface area contributed by atoms with Gasteiger partial charge >= 0.3 is 0 Å². The number of hydrogen-bond acceptors (Lipinski definition) is 16. The van der Waals surface area contributed by atoms with E-state index in [1.165, 1.54) is 47.1 Å². The first-order chi connectivity index (χ1) is 29.3. The lowest BCUT2D eigenvalue weighted by Gasteiger charge is -2.33. The first-order valence-corrected chi connectivity index (χ1v) is 22.9. The maximum atomic E-state index is 13.0. The molecule has 8 N–H and O–H groups in total. The monoisotopic (exact) mass is 886 g/mol. The number of rotatable bonds is 10. The second-order valence-corrected chi connectivity index (χ2v) is 19.8. The molecule has 2 saturated carbocycles. The van der Waals surface area contributed by atoms with Crippen LogP contribution in [0.15, 0.2) is 83.9 Å². The van der Waals surface area contributed by atoms with Crippen LogP contribution in [0.2, 0.25) is 0 Å². The number of aryl methyl sites for hydroxylation is 2. The van der Waals surface area contributed by atoms with Gasteiger partial charge in [0.25, 0.3) is 0 Å². The molecule has 2 aliphatic carbocycles. The summed E-state index contributed by atoms with van der Waals surface area (Å²) in [5.41, 5.74) is 14.3. The fourth-order valence-electron chi connectivity index (χ4n) is 7.39. The van der Waals surface area contributed by atoms with Crippen molar-refractivity contribution in [3.05, 3.63) is 85.2 Å². The van der Waals surface area contributed by atoms with Crippen molar-refractivity contribution in [2.24, 2.45) is 0 Å². The lowest BCUT2D eigenvalue weighted by atomic mass is 9.84. The van der Waals surface area contributed by atoms with Gasteiger partial charge in [-0.15, -0.1) is 0 Å². The van der Waals surface area contributed by atoms with E-state index < -0.39 is 31.2 Å². The number of sulfonamides is 2. The maximum absolute atomic E-state index is 13.0. The number of aliphatic hydroxyl groups is 2. The fourth-order valence-corrected chi connectivity index (χ4v) is 10.0. The van der Waals surface area contributed by atoms with Crippen molar-refractivity contribution in [2.45, 2.75) is 112 Å². The Morgan fingerprint density at radius 2 is 1.02 bits per heavy atom. The van der Waals surface area contributed by atoms with Gasteiger partial charge in [-0.1, -0.05) is 12.1 Å². The number of nitrogens with two attached hydrogens (primary N) is 2. The van der Waals surface area contributed by atoms with Crippen molar-refractivity contribution in [3.63, 3.8) is 0 Å². The van der Waals surface area contributed by atoms with Crippen LogP contribution in [-0.2, 0) is 20.0 Å². The molecular formula is C40H50N14O6S2. The standard InChI is InChI=1S/2C20H25N7O3S/c2*1-13-3-4-15(31(29,30)26-14-5-7-20(2,28)8-6-14)9-16(13)17-10-23-18(21)19(25-17)27-12-22-11-24-27/h2*3-4,9-12,14,26,28H,5-8H2,1-2H3,(H2,21,23). The summed E-state index contributed by atoms with van der Waals surface area (Å²) in [6.45, 7) is 7.31. The number of benzene rings is 2. The number of nitrogen functional groups attached to an aromatic ring is 2. The lowest BCUT2D eigenvalue weighted by molar-refractivity contribution is 0.0159. The maximum Gasteiger partial charge on any atom is 0.240 e. The van der Waals surface area contributed by atoms with E-state index in [0.717, 1.165) is 11.1 Å². The molecular weight excluding hydrogens is 837 g/mol. The van der Waals surface area contributed by atoms with Crippen LogP contribution >= 0.6 is 0 Å². The molecule has 2 fully saturated rings. The fraction of sp³-hybridized carbons (Fsp3) is 0.400. The number of aromatic nitrogens is 10. The minimum Gasteiger partial charge on any atom is -0.390 e. The molecule has 0 unspecified atom stereocenters. The first-order valence-electron chi connectivity index (χ1n) is 20.0. The van der Waals surface area contributed by atoms with E-state index in [1.807, 2.05) is 13.8 Å². The zero-order chi connectivity index (χ0) is 44.5. The molecule has 2 aliphatic rings. The third-order valence-corrected chi connectivity index (χ3v) is 14.2. The zero-order valence-corrected chi connectivity index (χ0v) is 36.3. The minimum atomic E-state index is -3.74. The number of anilines is 2. The van der Waals surface area contributed by atoms with Gasteiger partial charge in [0.2, 0.25) is 20.0 Å². The Balaban J connectivity index is 0.000000186. The Bertz CT molecular complexity index is 2560. The van der Waals surface area contributed by atoms with Crippen LogP contribution in [0.3, 0.4) is 0 Å². The molecule has 4 heterocycles. The van der Waals surface area contributed by atoms with Crippen molar-refractivity contribution in [2.75, 3.05) is 11.5 Å². The largest absolute Gasteiger partial charge is 0.390 e. The van der Waals surface area contributed by atoms with Crippen molar-refractivity contribution in [1.82, 2.24) is 58.9 Å². The molecule has 22 heteroatoms. The number of nitrogens with one attached hydrogen (secondary N) is 2. The van der Waals surface area contributed by atoms with Gasteiger partial charge in [0.15, 0.2) is 23.3 Å². The molecule has 20 nitrogen and oxygen atoms in total. The third kappa shape index (κ3) is 10.3. The zero-order valence-electron chi connectivity index (χ0n) is 34.7. The Kier molecular flexibility index (Phi) is 12.5. The van der Waals surface area contributed by atoms with Gasteiger partial charge in [0.1, 0.15) is 25.3 Å². The van der Waals surface area contributed by atoms with E-state index >= 15 is 0 Å². The van der Waals surface area contributed by atoms with Crippen LogP contribution in [-0.4, -0.2) is 99.8 Å². The van der Waals surface area contributed by atoms with Crippen LogP contribution in [0.25, 0.3) is 34.2 Å². The van der Waals surface area contributed by atoms with Gasteiger partial charge < -0.3 is 21.7 Å². The van der Waals surface area contributed by atoms with Gasteiger partial charge in [-0.2, -0.15) is 19.6 Å². The summed E-state index contributed by atoms with van der Waals surface area (Å²) in [5, 5.41) is 28.3. The van der Waals surface area contributed by atoms with Crippen molar-refractivity contribution in [1.29, 1.82) is 0 Å². The molecule has 0 radical (unpaired) electrons. The SMILES string of the molecule is Cc1ccc(S(=O)(=O)NC2CCC(C)(O)CC2)cc1-c1cnc(N)c(-n2cncn2)n1.Cc1ccc(S(=O)(=O)NC2CCC(C)(O)CC2)cc1-c1cnc(N)c(-n2cncn2)n1.